The molecule has 0 unspecified atom stereocenters. The molecule has 2 N–H and O–H groups in total. The molecule has 0 aliphatic carbocycles. The van der Waals surface area contributed by atoms with Gasteiger partial charge in [0.1, 0.15) is 0 Å². The Morgan fingerprint density at radius 1 is 1.16 bits per heavy atom. The fourth-order valence-corrected chi connectivity index (χ4v) is 3.43. The molecule has 10 heteroatoms. The van der Waals surface area contributed by atoms with Gasteiger partial charge in [-0.1, -0.05) is 12.1 Å². The number of carboxylic acid groups (broad SMARTS) is 1. The van der Waals surface area contributed by atoms with Gasteiger partial charge in [-0.2, -0.15) is 5.10 Å². The van der Waals surface area contributed by atoms with Gasteiger partial charge in [0.15, 0.2) is 17.1 Å². The van der Waals surface area contributed by atoms with Crippen LogP contribution in [0.5, 0.6) is 11.5 Å². The van der Waals surface area contributed by atoms with Gasteiger partial charge in [0, 0.05) is 23.3 Å². The summed E-state index contributed by atoms with van der Waals surface area (Å²) >= 11 is 0. The summed E-state index contributed by atoms with van der Waals surface area (Å²) in [6.45, 7) is 2.33. The highest BCUT2D eigenvalue weighted by atomic mass is 16.6. The Morgan fingerprint density at radius 2 is 1.97 bits per heavy atom. The Labute approximate surface area is 181 Å². The van der Waals surface area contributed by atoms with E-state index in [1.54, 1.807) is 24.3 Å². The fraction of sp³-hybridized carbons (Fsp3) is 0.136. The van der Waals surface area contributed by atoms with Crippen LogP contribution in [-0.4, -0.2) is 44.9 Å². The molecule has 2 aromatic carbocycles. The number of non-ortho nitro benzene ring substituents is 1. The van der Waals surface area contributed by atoms with E-state index in [-0.39, 0.29) is 22.3 Å². The van der Waals surface area contributed by atoms with E-state index in [1.165, 1.54) is 31.4 Å². The first-order valence-electron chi connectivity index (χ1n) is 9.61. The quantitative estimate of drug-likeness (QED) is 0.324. The lowest BCUT2D eigenvalue weighted by Crippen LogP contribution is -2.01. The average Bonchev–Trinajstić information content (AvgIpc) is 3.23. The number of nitrogens with zero attached hydrogens (tertiary/aromatic N) is 3. The number of hydrogen-bond donors (Lipinski definition) is 2. The van der Waals surface area contributed by atoms with Crippen LogP contribution in [0.4, 0.5) is 5.69 Å². The molecule has 0 radical (unpaired) electrons. The number of ether oxygens (including phenoxy) is 2. The van der Waals surface area contributed by atoms with Gasteiger partial charge in [0.25, 0.3) is 5.69 Å². The number of aromatic nitrogens is 3. The van der Waals surface area contributed by atoms with E-state index in [1.807, 2.05) is 6.92 Å². The molecule has 0 saturated carbocycles. The van der Waals surface area contributed by atoms with Crippen LogP contribution in [0, 0.1) is 10.1 Å². The highest BCUT2D eigenvalue weighted by Crippen LogP contribution is 2.35. The minimum absolute atomic E-state index is 0.0342. The largest absolute Gasteiger partial charge is 0.493 e. The van der Waals surface area contributed by atoms with Crippen LogP contribution >= 0.6 is 0 Å². The predicted molar refractivity (Wildman–Crippen MR) is 116 cm³/mol. The summed E-state index contributed by atoms with van der Waals surface area (Å²) in [6.07, 6.45) is 0. The van der Waals surface area contributed by atoms with Gasteiger partial charge >= 0.3 is 5.97 Å². The van der Waals surface area contributed by atoms with Crippen LogP contribution < -0.4 is 9.47 Å². The average molecular weight is 434 g/mol. The molecule has 0 amide bonds. The van der Waals surface area contributed by atoms with E-state index in [9.17, 15) is 20.0 Å². The minimum Gasteiger partial charge on any atom is -0.493 e. The van der Waals surface area contributed by atoms with Crippen molar-refractivity contribution in [3.05, 3.63) is 64.2 Å². The maximum atomic E-state index is 12.1. The van der Waals surface area contributed by atoms with Crippen LogP contribution in [0.3, 0.4) is 0 Å². The molecule has 4 aromatic rings. The van der Waals surface area contributed by atoms with E-state index in [4.69, 9.17) is 9.47 Å². The van der Waals surface area contributed by atoms with Gasteiger partial charge < -0.3 is 14.6 Å². The summed E-state index contributed by atoms with van der Waals surface area (Å²) in [5.74, 6) is -0.127. The number of H-pyrrole nitrogens is 1. The van der Waals surface area contributed by atoms with Gasteiger partial charge in [0.05, 0.1) is 41.0 Å². The molecule has 0 bridgehead atoms. The summed E-state index contributed by atoms with van der Waals surface area (Å²) in [5, 5.41) is 28.2. The number of carboxylic acids is 1. The van der Waals surface area contributed by atoms with Crippen molar-refractivity contribution in [3.63, 3.8) is 0 Å². The molecular formula is C22H18N4O6. The maximum Gasteiger partial charge on any atom is 0.336 e. The fourth-order valence-electron chi connectivity index (χ4n) is 3.43. The smallest absolute Gasteiger partial charge is 0.336 e. The number of rotatable bonds is 7. The number of hydrogen-bond acceptors (Lipinski definition) is 7. The molecule has 32 heavy (non-hydrogen) atoms. The lowest BCUT2D eigenvalue weighted by molar-refractivity contribution is -0.384. The molecule has 0 aliphatic rings. The molecule has 162 valence electrons. The number of aromatic amines is 1. The van der Waals surface area contributed by atoms with E-state index < -0.39 is 10.9 Å². The van der Waals surface area contributed by atoms with Crippen molar-refractivity contribution in [3.8, 4) is 34.0 Å². The molecular weight excluding hydrogens is 416 g/mol. The Balaban J connectivity index is 1.88. The maximum absolute atomic E-state index is 12.1. The second-order valence-corrected chi connectivity index (χ2v) is 6.76. The predicted octanol–water partition coefficient (Wildman–Crippen LogP) is 4.31. The standard InChI is InChI=1S/C22H18N4O6/c1-3-32-17-8-7-12(10-18(17)31-2)16-11-15(22(27)28)19-20(24-25-21(19)23-16)13-5-4-6-14(9-13)26(29)30/h4-11H,3H2,1-2H3,(H,27,28)(H,23,24,25). The first kappa shape index (κ1) is 20.8. The molecule has 2 aromatic heterocycles. The third-order valence-corrected chi connectivity index (χ3v) is 4.86. The number of aromatic carboxylic acids is 1. The molecule has 0 aliphatic heterocycles. The summed E-state index contributed by atoms with van der Waals surface area (Å²) in [7, 11) is 1.51. The topological polar surface area (TPSA) is 140 Å². The highest BCUT2D eigenvalue weighted by Gasteiger charge is 2.21. The van der Waals surface area contributed by atoms with E-state index in [2.05, 4.69) is 15.2 Å². The summed E-state index contributed by atoms with van der Waals surface area (Å²) in [4.78, 5) is 27.2. The number of nitrogens with one attached hydrogen (secondary N) is 1. The monoisotopic (exact) mass is 434 g/mol. The molecule has 0 fully saturated rings. The SMILES string of the molecule is CCOc1ccc(-c2cc(C(=O)O)c3c(-c4cccc([N+](=O)[O-])c4)[nH]nc3n2)cc1OC. The van der Waals surface area contributed by atoms with Crippen LogP contribution in [0.1, 0.15) is 17.3 Å². The van der Waals surface area contributed by atoms with Crippen molar-refractivity contribution >= 4 is 22.7 Å². The lowest BCUT2D eigenvalue weighted by atomic mass is 10.0. The summed E-state index contributed by atoms with van der Waals surface area (Å²) < 4.78 is 10.9. The van der Waals surface area contributed by atoms with Crippen LogP contribution in [0.25, 0.3) is 33.5 Å². The number of nitro benzene ring substituents is 1. The number of methoxy groups -OCH3 is 1. The number of pyridine rings is 1. The first-order chi connectivity index (χ1) is 15.4. The third-order valence-electron chi connectivity index (χ3n) is 4.86. The van der Waals surface area contributed by atoms with Gasteiger partial charge in [-0.3, -0.25) is 15.2 Å². The number of nitro groups is 1. The molecule has 10 nitrogen and oxygen atoms in total. The van der Waals surface area contributed by atoms with E-state index >= 15 is 0 Å². The van der Waals surface area contributed by atoms with Gasteiger partial charge in [-0.25, -0.2) is 9.78 Å². The summed E-state index contributed by atoms with van der Waals surface area (Å²) in [6, 6.07) is 12.5. The molecule has 0 spiro atoms. The van der Waals surface area contributed by atoms with Crippen molar-refractivity contribution in [2.24, 2.45) is 0 Å². The van der Waals surface area contributed by atoms with Crippen LogP contribution in [0.2, 0.25) is 0 Å². The van der Waals surface area contributed by atoms with Crippen molar-refractivity contribution in [1.82, 2.24) is 15.2 Å². The molecule has 0 atom stereocenters. The van der Waals surface area contributed by atoms with Crippen molar-refractivity contribution in [1.29, 1.82) is 0 Å². The van der Waals surface area contributed by atoms with Crippen molar-refractivity contribution < 1.29 is 24.3 Å². The molecule has 2 heterocycles. The Hall–Kier alpha value is -4.47. The van der Waals surface area contributed by atoms with Crippen molar-refractivity contribution in [2.45, 2.75) is 6.92 Å². The Bertz CT molecular complexity index is 1350. The van der Waals surface area contributed by atoms with Gasteiger partial charge in [-0.05, 0) is 31.2 Å². The number of fused-ring (bicyclic) bond motifs is 1. The summed E-state index contributed by atoms with van der Waals surface area (Å²) in [5.41, 5.74) is 1.80. The zero-order valence-electron chi connectivity index (χ0n) is 17.2. The van der Waals surface area contributed by atoms with Crippen LogP contribution in [-0.2, 0) is 0 Å². The second kappa shape index (κ2) is 8.34. The number of carbonyl (C=O) groups is 1. The van der Waals surface area contributed by atoms with Gasteiger partial charge in [0.2, 0.25) is 0 Å². The zero-order chi connectivity index (χ0) is 22.8. The van der Waals surface area contributed by atoms with E-state index in [0.29, 0.717) is 40.6 Å². The Morgan fingerprint density at radius 3 is 2.66 bits per heavy atom. The van der Waals surface area contributed by atoms with Crippen LogP contribution in [0.15, 0.2) is 48.5 Å². The molecule has 0 saturated heterocycles. The zero-order valence-corrected chi connectivity index (χ0v) is 17.2. The van der Waals surface area contributed by atoms with Crippen molar-refractivity contribution in [2.75, 3.05) is 13.7 Å². The normalized spacial score (nSPS) is 10.8. The minimum atomic E-state index is -1.18. The Kier molecular flexibility index (Phi) is 5.42. The second-order valence-electron chi connectivity index (χ2n) is 6.76. The van der Waals surface area contributed by atoms with Gasteiger partial charge in [-0.15, -0.1) is 0 Å². The third kappa shape index (κ3) is 3.69. The number of benzene rings is 2. The molecule has 4 rings (SSSR count). The van der Waals surface area contributed by atoms with E-state index in [0.717, 1.165) is 0 Å². The lowest BCUT2D eigenvalue weighted by Gasteiger charge is -2.11. The first-order valence-corrected chi connectivity index (χ1v) is 9.61. The highest BCUT2D eigenvalue weighted by molar-refractivity contribution is 6.08.